The van der Waals surface area contributed by atoms with Crippen molar-refractivity contribution in [2.24, 2.45) is 11.8 Å². The average Bonchev–Trinajstić information content (AvgIpc) is 2.68. The van der Waals surface area contributed by atoms with E-state index in [-0.39, 0.29) is 0 Å². The number of hydrogen-bond donors (Lipinski definition) is 0. The van der Waals surface area contributed by atoms with Crippen LogP contribution in [-0.4, -0.2) is 0 Å². The lowest BCUT2D eigenvalue weighted by Crippen LogP contribution is -2.02. The predicted octanol–water partition coefficient (Wildman–Crippen LogP) is 3.08. The third-order valence-corrected chi connectivity index (χ3v) is 2.68. The van der Waals surface area contributed by atoms with Crippen molar-refractivity contribution >= 4 is 0 Å². The highest BCUT2D eigenvalue weighted by atomic mass is 14.4. The molecule has 2 atom stereocenters. The third-order valence-electron chi connectivity index (χ3n) is 2.68. The van der Waals surface area contributed by atoms with Gasteiger partial charge in [-0.2, -0.15) is 0 Å². The Balaban J connectivity index is 2.16. The van der Waals surface area contributed by atoms with E-state index in [2.05, 4.69) is 31.7 Å². The highest BCUT2D eigenvalue weighted by Gasteiger charge is 2.33. The summed E-state index contributed by atoms with van der Waals surface area (Å²) >= 11 is 0. The highest BCUT2D eigenvalue weighted by molar-refractivity contribution is 5.37. The second-order valence-electron chi connectivity index (χ2n) is 3.65. The second kappa shape index (κ2) is 2.37. The van der Waals surface area contributed by atoms with E-state index in [9.17, 15) is 0 Å². The molecule has 58 valence electrons. The highest BCUT2D eigenvalue weighted by Crippen LogP contribution is 2.46. The molecule has 0 aromatic heterocycles. The maximum Gasteiger partial charge on any atom is 0.00478 e. The zero-order valence-corrected chi connectivity index (χ0v) is 7.01. The molecule has 2 aliphatic rings. The van der Waals surface area contributed by atoms with Crippen molar-refractivity contribution in [3.63, 3.8) is 0 Å². The summed E-state index contributed by atoms with van der Waals surface area (Å²) in [5.74, 6) is 1.50. The summed E-state index contributed by atoms with van der Waals surface area (Å²) < 4.78 is 0. The molecule has 0 saturated heterocycles. The summed E-state index contributed by atoms with van der Waals surface area (Å²) in [5.41, 5.74) is 3.04. The second-order valence-corrected chi connectivity index (χ2v) is 3.65. The Morgan fingerprint density at radius 3 is 2.82 bits per heavy atom. The molecule has 0 aliphatic heterocycles. The summed E-state index contributed by atoms with van der Waals surface area (Å²) in [6.45, 7) is 6.30. The predicted molar refractivity (Wildman–Crippen MR) is 48.3 cm³/mol. The van der Waals surface area contributed by atoms with Gasteiger partial charge in [-0.25, -0.2) is 0 Å². The van der Waals surface area contributed by atoms with Gasteiger partial charge in [0.25, 0.3) is 0 Å². The lowest BCUT2D eigenvalue weighted by atomic mass is 9.90. The van der Waals surface area contributed by atoms with Crippen molar-refractivity contribution in [2.45, 2.75) is 19.8 Å². The van der Waals surface area contributed by atoms with Crippen LogP contribution in [0.1, 0.15) is 19.8 Å². The Morgan fingerprint density at radius 1 is 1.55 bits per heavy atom. The standard InChI is InChI=1S/C11H14/c1-8-5-3-4-6-10(8)11-7-9(11)2/h3-4,6,8,11H,2,5,7H2,1H3. The Bertz CT molecular complexity index is 243. The zero-order chi connectivity index (χ0) is 7.84. The SMILES string of the molecule is C=C1CC1C1=CC=CCC1C. The lowest BCUT2D eigenvalue weighted by Gasteiger charge is -2.15. The molecule has 1 saturated carbocycles. The van der Waals surface area contributed by atoms with Gasteiger partial charge in [0.15, 0.2) is 0 Å². The van der Waals surface area contributed by atoms with Gasteiger partial charge in [0.1, 0.15) is 0 Å². The molecule has 1 fully saturated rings. The first-order chi connectivity index (χ1) is 5.29. The minimum absolute atomic E-state index is 0.745. The van der Waals surface area contributed by atoms with E-state index in [4.69, 9.17) is 0 Å². The van der Waals surface area contributed by atoms with Crippen LogP contribution in [0.2, 0.25) is 0 Å². The van der Waals surface area contributed by atoms with Crippen molar-refractivity contribution < 1.29 is 0 Å². The molecule has 2 rings (SSSR count). The molecule has 0 amide bonds. The molecular weight excluding hydrogens is 132 g/mol. The maximum absolute atomic E-state index is 3.99. The molecule has 2 aliphatic carbocycles. The molecular formula is C11H14. The molecule has 0 heterocycles. The van der Waals surface area contributed by atoms with E-state index < -0.39 is 0 Å². The number of hydrogen-bond acceptors (Lipinski definition) is 0. The van der Waals surface area contributed by atoms with Crippen molar-refractivity contribution in [3.05, 3.63) is 36.0 Å². The fraction of sp³-hybridized carbons (Fsp3) is 0.455. The van der Waals surface area contributed by atoms with Crippen molar-refractivity contribution in [1.82, 2.24) is 0 Å². The maximum atomic E-state index is 3.99. The van der Waals surface area contributed by atoms with Crippen LogP contribution in [-0.2, 0) is 0 Å². The van der Waals surface area contributed by atoms with Crippen LogP contribution < -0.4 is 0 Å². The molecule has 0 spiro atoms. The number of rotatable bonds is 1. The van der Waals surface area contributed by atoms with E-state index in [1.54, 1.807) is 5.57 Å². The van der Waals surface area contributed by atoms with Crippen molar-refractivity contribution in [3.8, 4) is 0 Å². The number of allylic oxidation sites excluding steroid dienone is 5. The van der Waals surface area contributed by atoms with Gasteiger partial charge in [-0.1, -0.05) is 42.9 Å². The molecule has 0 nitrogen and oxygen atoms in total. The largest absolute Gasteiger partial charge is 0.0992 e. The summed E-state index contributed by atoms with van der Waals surface area (Å²) in [7, 11) is 0. The first kappa shape index (κ1) is 6.90. The van der Waals surface area contributed by atoms with E-state index in [1.165, 1.54) is 18.4 Å². The zero-order valence-electron chi connectivity index (χ0n) is 7.01. The van der Waals surface area contributed by atoms with Gasteiger partial charge in [-0.3, -0.25) is 0 Å². The van der Waals surface area contributed by atoms with Gasteiger partial charge < -0.3 is 0 Å². The molecule has 0 heteroatoms. The fourth-order valence-corrected chi connectivity index (χ4v) is 1.78. The average molecular weight is 146 g/mol. The van der Waals surface area contributed by atoms with E-state index in [1.807, 2.05) is 0 Å². The molecule has 11 heavy (non-hydrogen) atoms. The minimum atomic E-state index is 0.745. The van der Waals surface area contributed by atoms with Crippen LogP contribution in [0.25, 0.3) is 0 Å². The lowest BCUT2D eigenvalue weighted by molar-refractivity contribution is 0.646. The molecule has 2 unspecified atom stereocenters. The molecule has 0 N–H and O–H groups in total. The Kier molecular flexibility index (Phi) is 1.49. The van der Waals surface area contributed by atoms with Crippen LogP contribution in [0.3, 0.4) is 0 Å². The fourth-order valence-electron chi connectivity index (χ4n) is 1.78. The van der Waals surface area contributed by atoms with Gasteiger partial charge in [-0.15, -0.1) is 0 Å². The monoisotopic (exact) mass is 146 g/mol. The van der Waals surface area contributed by atoms with Gasteiger partial charge in [0.2, 0.25) is 0 Å². The van der Waals surface area contributed by atoms with Crippen LogP contribution in [0.15, 0.2) is 36.0 Å². The summed E-state index contributed by atoms with van der Waals surface area (Å²) in [6.07, 6.45) is 9.16. The van der Waals surface area contributed by atoms with Crippen LogP contribution >= 0.6 is 0 Å². The van der Waals surface area contributed by atoms with E-state index >= 15 is 0 Å². The summed E-state index contributed by atoms with van der Waals surface area (Å²) in [6, 6.07) is 0. The van der Waals surface area contributed by atoms with E-state index in [0.717, 1.165) is 11.8 Å². The molecule has 0 radical (unpaired) electrons. The molecule has 0 aromatic carbocycles. The normalized spacial score (nSPS) is 35.4. The quantitative estimate of drug-likeness (QED) is 0.499. The van der Waals surface area contributed by atoms with Crippen molar-refractivity contribution in [1.29, 1.82) is 0 Å². The minimum Gasteiger partial charge on any atom is -0.0992 e. The van der Waals surface area contributed by atoms with Crippen LogP contribution in [0, 0.1) is 11.8 Å². The topological polar surface area (TPSA) is 0 Å². The Hall–Kier alpha value is -0.780. The van der Waals surface area contributed by atoms with Gasteiger partial charge >= 0.3 is 0 Å². The van der Waals surface area contributed by atoms with Crippen molar-refractivity contribution in [2.75, 3.05) is 0 Å². The third kappa shape index (κ3) is 1.18. The van der Waals surface area contributed by atoms with Crippen LogP contribution in [0.5, 0.6) is 0 Å². The summed E-state index contributed by atoms with van der Waals surface area (Å²) in [4.78, 5) is 0. The Morgan fingerprint density at radius 2 is 2.27 bits per heavy atom. The van der Waals surface area contributed by atoms with Gasteiger partial charge in [0.05, 0.1) is 0 Å². The van der Waals surface area contributed by atoms with Gasteiger partial charge in [0, 0.05) is 5.92 Å². The van der Waals surface area contributed by atoms with E-state index in [0.29, 0.717) is 0 Å². The Labute approximate surface area is 68.3 Å². The molecule has 0 bridgehead atoms. The first-order valence-electron chi connectivity index (χ1n) is 4.33. The van der Waals surface area contributed by atoms with Crippen LogP contribution in [0.4, 0.5) is 0 Å². The van der Waals surface area contributed by atoms with Gasteiger partial charge in [-0.05, 0) is 18.8 Å². The smallest absolute Gasteiger partial charge is 0.00478 e. The molecule has 0 aromatic rings. The summed E-state index contributed by atoms with van der Waals surface area (Å²) in [5, 5.41) is 0. The first-order valence-corrected chi connectivity index (χ1v) is 4.33.